The third-order valence-electron chi connectivity index (χ3n) is 5.64. The van der Waals surface area contributed by atoms with E-state index in [1.54, 1.807) is 0 Å². The number of nitrogens with zero attached hydrogens (tertiary/aromatic N) is 2. The van der Waals surface area contributed by atoms with Gasteiger partial charge in [-0.25, -0.2) is 0 Å². The lowest BCUT2D eigenvalue weighted by atomic mass is 9.75. The van der Waals surface area contributed by atoms with Crippen LogP contribution in [0.2, 0.25) is 0 Å². The Bertz CT molecular complexity index is 288. The first-order chi connectivity index (χ1) is 9.31. The molecule has 1 aliphatic carbocycles. The summed E-state index contributed by atoms with van der Waals surface area (Å²) in [5, 5.41) is 1.21. The molecule has 2 aliphatic heterocycles. The third kappa shape index (κ3) is 3.36. The molecule has 2 heterocycles. The molecule has 3 fully saturated rings. The van der Waals surface area contributed by atoms with E-state index in [4.69, 9.17) is 0 Å². The van der Waals surface area contributed by atoms with Crippen LogP contribution in [0.3, 0.4) is 0 Å². The molecule has 1 unspecified atom stereocenters. The highest BCUT2D eigenvalue weighted by Gasteiger charge is 2.35. The lowest BCUT2D eigenvalue weighted by Gasteiger charge is -2.40. The van der Waals surface area contributed by atoms with Gasteiger partial charge in [0, 0.05) is 24.5 Å². The zero-order chi connectivity index (χ0) is 13.1. The molecular weight excluding hydrogens is 300 g/mol. The van der Waals surface area contributed by atoms with E-state index in [1.807, 2.05) is 0 Å². The van der Waals surface area contributed by atoms with E-state index in [0.29, 0.717) is 5.41 Å². The second-order valence-electron chi connectivity index (χ2n) is 7.11. The Labute approximate surface area is 127 Å². The van der Waals surface area contributed by atoms with Crippen LogP contribution in [0.25, 0.3) is 0 Å². The molecule has 1 atom stereocenters. The van der Waals surface area contributed by atoms with Crippen LogP contribution in [0, 0.1) is 5.41 Å². The fraction of sp³-hybridized carbons (Fsp3) is 1.00. The van der Waals surface area contributed by atoms with Gasteiger partial charge in [0.2, 0.25) is 0 Å². The van der Waals surface area contributed by atoms with Gasteiger partial charge >= 0.3 is 0 Å². The first kappa shape index (κ1) is 14.3. The number of hydrogen-bond donors (Lipinski definition) is 0. The van der Waals surface area contributed by atoms with Crippen LogP contribution in [-0.2, 0) is 0 Å². The maximum Gasteiger partial charge on any atom is 0.0223 e. The van der Waals surface area contributed by atoms with Gasteiger partial charge in [0.05, 0.1) is 0 Å². The van der Waals surface area contributed by atoms with Crippen molar-refractivity contribution >= 4 is 15.9 Å². The van der Waals surface area contributed by atoms with Crippen molar-refractivity contribution in [2.45, 2.75) is 57.4 Å². The highest BCUT2D eigenvalue weighted by Crippen LogP contribution is 2.39. The van der Waals surface area contributed by atoms with Crippen LogP contribution in [0.4, 0.5) is 0 Å². The van der Waals surface area contributed by atoms with Crippen molar-refractivity contribution in [1.29, 1.82) is 0 Å². The molecule has 0 radical (unpaired) electrons. The van der Waals surface area contributed by atoms with Crippen LogP contribution >= 0.6 is 15.9 Å². The molecule has 3 aliphatic rings. The molecule has 0 spiro atoms. The van der Waals surface area contributed by atoms with E-state index in [-0.39, 0.29) is 0 Å². The lowest BCUT2D eigenvalue weighted by molar-refractivity contribution is 0.119. The van der Waals surface area contributed by atoms with E-state index >= 15 is 0 Å². The summed E-state index contributed by atoms with van der Waals surface area (Å²) >= 11 is 3.83. The number of rotatable bonds is 3. The van der Waals surface area contributed by atoms with Gasteiger partial charge in [0.15, 0.2) is 0 Å². The number of hydrogen-bond acceptors (Lipinski definition) is 2. The van der Waals surface area contributed by atoms with Crippen molar-refractivity contribution in [3.8, 4) is 0 Å². The van der Waals surface area contributed by atoms with Gasteiger partial charge in [-0.3, -0.25) is 4.90 Å². The van der Waals surface area contributed by atoms with Crippen LogP contribution in [0.5, 0.6) is 0 Å². The number of alkyl halides is 1. The Morgan fingerprint density at radius 3 is 2.53 bits per heavy atom. The van der Waals surface area contributed by atoms with E-state index in [2.05, 4.69) is 25.7 Å². The SMILES string of the molecule is BrCC1(CN2CCCN3CCCC3C2)CCCCC1. The molecule has 3 heteroatoms. The second-order valence-corrected chi connectivity index (χ2v) is 7.68. The molecule has 0 bridgehead atoms. The van der Waals surface area contributed by atoms with Crippen molar-refractivity contribution < 1.29 is 0 Å². The van der Waals surface area contributed by atoms with Gasteiger partial charge in [0.1, 0.15) is 0 Å². The molecule has 110 valence electrons. The Balaban J connectivity index is 1.61. The molecule has 1 saturated carbocycles. The smallest absolute Gasteiger partial charge is 0.0223 e. The van der Waals surface area contributed by atoms with Gasteiger partial charge in [-0.1, -0.05) is 35.2 Å². The van der Waals surface area contributed by atoms with Crippen LogP contribution < -0.4 is 0 Å². The Morgan fingerprint density at radius 1 is 0.947 bits per heavy atom. The fourth-order valence-corrected chi connectivity index (χ4v) is 5.27. The maximum absolute atomic E-state index is 3.83. The third-order valence-corrected chi connectivity index (χ3v) is 6.83. The molecule has 0 N–H and O–H groups in total. The monoisotopic (exact) mass is 328 g/mol. The van der Waals surface area contributed by atoms with E-state index in [0.717, 1.165) is 6.04 Å². The van der Waals surface area contributed by atoms with Crippen LogP contribution in [-0.4, -0.2) is 53.9 Å². The van der Waals surface area contributed by atoms with Crippen molar-refractivity contribution in [3.05, 3.63) is 0 Å². The quantitative estimate of drug-likeness (QED) is 0.731. The summed E-state index contributed by atoms with van der Waals surface area (Å²) in [5.74, 6) is 0. The Kier molecular flexibility index (Phi) is 4.86. The molecule has 0 aromatic rings. The zero-order valence-electron chi connectivity index (χ0n) is 12.2. The minimum Gasteiger partial charge on any atom is -0.301 e. The highest BCUT2D eigenvalue weighted by molar-refractivity contribution is 9.09. The van der Waals surface area contributed by atoms with E-state index in [9.17, 15) is 0 Å². The van der Waals surface area contributed by atoms with Crippen LogP contribution in [0.1, 0.15) is 51.4 Å². The first-order valence-electron chi connectivity index (χ1n) is 8.34. The average molecular weight is 329 g/mol. The van der Waals surface area contributed by atoms with Gasteiger partial charge in [-0.05, 0) is 57.2 Å². The van der Waals surface area contributed by atoms with Crippen LogP contribution in [0.15, 0.2) is 0 Å². The number of fused-ring (bicyclic) bond motifs is 1. The summed E-state index contributed by atoms with van der Waals surface area (Å²) in [6.07, 6.45) is 11.5. The summed E-state index contributed by atoms with van der Waals surface area (Å²) in [7, 11) is 0. The predicted molar refractivity (Wildman–Crippen MR) is 85.0 cm³/mol. The highest BCUT2D eigenvalue weighted by atomic mass is 79.9. The zero-order valence-corrected chi connectivity index (χ0v) is 13.8. The number of halogens is 1. The van der Waals surface area contributed by atoms with Gasteiger partial charge in [-0.15, -0.1) is 0 Å². The Morgan fingerprint density at radius 2 is 1.74 bits per heavy atom. The van der Waals surface area contributed by atoms with Gasteiger partial charge < -0.3 is 4.90 Å². The molecule has 2 nitrogen and oxygen atoms in total. The molecule has 3 rings (SSSR count). The summed E-state index contributed by atoms with van der Waals surface area (Å²) in [6.45, 7) is 6.74. The second kappa shape index (κ2) is 6.44. The predicted octanol–water partition coefficient (Wildman–Crippen LogP) is 3.50. The molecule has 0 amide bonds. The normalized spacial score (nSPS) is 33.0. The Hall–Kier alpha value is 0.400. The van der Waals surface area contributed by atoms with Crippen molar-refractivity contribution in [3.63, 3.8) is 0 Å². The molecule has 2 saturated heterocycles. The van der Waals surface area contributed by atoms with Gasteiger partial charge in [-0.2, -0.15) is 0 Å². The minimum atomic E-state index is 0.589. The summed E-state index contributed by atoms with van der Waals surface area (Å²) in [6, 6.07) is 0.874. The first-order valence-corrected chi connectivity index (χ1v) is 9.46. The van der Waals surface area contributed by atoms with Crippen molar-refractivity contribution in [2.75, 3.05) is 38.1 Å². The average Bonchev–Trinajstić information content (AvgIpc) is 2.79. The summed E-state index contributed by atoms with van der Waals surface area (Å²) in [5.41, 5.74) is 0.589. The minimum absolute atomic E-state index is 0.589. The fourth-order valence-electron chi connectivity index (χ4n) is 4.54. The topological polar surface area (TPSA) is 6.48 Å². The van der Waals surface area contributed by atoms with Crippen molar-refractivity contribution in [2.24, 2.45) is 5.41 Å². The molecule has 0 aromatic carbocycles. The van der Waals surface area contributed by atoms with Crippen molar-refractivity contribution in [1.82, 2.24) is 9.80 Å². The van der Waals surface area contributed by atoms with E-state index in [1.165, 1.54) is 89.4 Å². The molecular formula is C16H29BrN2. The lowest BCUT2D eigenvalue weighted by Crippen LogP contribution is -2.44. The van der Waals surface area contributed by atoms with Gasteiger partial charge in [0.25, 0.3) is 0 Å². The maximum atomic E-state index is 3.83. The largest absolute Gasteiger partial charge is 0.301 e. The summed E-state index contributed by atoms with van der Waals surface area (Å²) < 4.78 is 0. The molecule has 19 heavy (non-hydrogen) atoms. The summed E-state index contributed by atoms with van der Waals surface area (Å²) in [4.78, 5) is 5.56. The standard InChI is InChI=1S/C16H29BrN2/c17-13-16(7-2-1-3-8-16)14-18-9-5-11-19-10-4-6-15(19)12-18/h15H,1-14H2. The molecule has 0 aromatic heterocycles. The van der Waals surface area contributed by atoms with E-state index < -0.39 is 0 Å².